The summed E-state index contributed by atoms with van der Waals surface area (Å²) in [6, 6.07) is 2.62. The highest BCUT2D eigenvalue weighted by molar-refractivity contribution is 6.31. The molecule has 1 aliphatic heterocycles. The van der Waals surface area contributed by atoms with Crippen molar-refractivity contribution in [1.29, 1.82) is 0 Å². The van der Waals surface area contributed by atoms with Crippen molar-refractivity contribution in [2.24, 2.45) is 0 Å². The van der Waals surface area contributed by atoms with Crippen LogP contribution in [0.15, 0.2) is 18.5 Å². The van der Waals surface area contributed by atoms with Gasteiger partial charge in [0.05, 0.1) is 5.02 Å². The fourth-order valence-electron chi connectivity index (χ4n) is 1.95. The molecule has 0 aliphatic carbocycles. The molecule has 1 aliphatic rings. The van der Waals surface area contributed by atoms with E-state index in [4.69, 9.17) is 11.6 Å². The number of hydrogen-bond donors (Lipinski definition) is 1. The highest BCUT2D eigenvalue weighted by atomic mass is 35.5. The van der Waals surface area contributed by atoms with Crippen LogP contribution in [0.5, 0.6) is 0 Å². The largest absolute Gasteiger partial charge is 0.315 e. The van der Waals surface area contributed by atoms with Gasteiger partial charge in [-0.1, -0.05) is 11.6 Å². The van der Waals surface area contributed by atoms with Crippen molar-refractivity contribution in [2.45, 2.75) is 19.0 Å². The number of rotatable bonds is 3. The van der Waals surface area contributed by atoms with Gasteiger partial charge in [-0.3, -0.25) is 9.88 Å². The van der Waals surface area contributed by atoms with Gasteiger partial charge in [-0.2, -0.15) is 0 Å². The Morgan fingerprint density at radius 3 is 2.88 bits per heavy atom. The third-order valence-electron chi connectivity index (χ3n) is 2.93. The van der Waals surface area contributed by atoms with E-state index < -0.39 is 0 Å². The van der Waals surface area contributed by atoms with Crippen LogP contribution >= 0.6 is 36.4 Å². The van der Waals surface area contributed by atoms with E-state index >= 15 is 0 Å². The molecule has 0 amide bonds. The Balaban J connectivity index is 0.00000128. The van der Waals surface area contributed by atoms with Crippen molar-refractivity contribution in [1.82, 2.24) is 15.2 Å². The van der Waals surface area contributed by atoms with E-state index in [2.05, 4.69) is 22.2 Å². The van der Waals surface area contributed by atoms with Gasteiger partial charge in [0.2, 0.25) is 0 Å². The molecular weight excluding hydrogens is 281 g/mol. The Bertz CT molecular complexity index is 329. The second kappa shape index (κ2) is 8.11. The number of pyridine rings is 1. The van der Waals surface area contributed by atoms with Crippen LogP contribution in [-0.2, 0) is 6.54 Å². The normalized spacial score (nSPS) is 18.6. The zero-order valence-corrected chi connectivity index (χ0v) is 12.1. The number of likely N-dealkylation sites (N-methyl/N-ethyl adjacent to an activating group) is 1. The molecule has 0 bridgehead atoms. The maximum atomic E-state index is 6.07. The van der Waals surface area contributed by atoms with Crippen LogP contribution in [0.2, 0.25) is 5.02 Å². The van der Waals surface area contributed by atoms with E-state index in [9.17, 15) is 0 Å². The number of nitrogens with one attached hydrogen (secondary N) is 1. The van der Waals surface area contributed by atoms with Gasteiger partial charge in [-0.15, -0.1) is 24.8 Å². The summed E-state index contributed by atoms with van der Waals surface area (Å²) in [5.74, 6) is 0. The van der Waals surface area contributed by atoms with E-state index in [1.165, 1.54) is 6.42 Å². The zero-order chi connectivity index (χ0) is 10.7. The van der Waals surface area contributed by atoms with Crippen LogP contribution in [0.1, 0.15) is 12.0 Å². The van der Waals surface area contributed by atoms with Gasteiger partial charge >= 0.3 is 0 Å². The molecule has 1 fully saturated rings. The molecule has 0 saturated carbocycles. The maximum Gasteiger partial charge on any atom is 0.0634 e. The summed E-state index contributed by atoms with van der Waals surface area (Å²) in [5.41, 5.74) is 1.15. The highest BCUT2D eigenvalue weighted by Crippen LogP contribution is 2.17. The summed E-state index contributed by atoms with van der Waals surface area (Å²) in [6.07, 6.45) is 4.72. The maximum absolute atomic E-state index is 6.07. The van der Waals surface area contributed by atoms with Crippen molar-refractivity contribution >= 4 is 36.4 Å². The molecule has 1 saturated heterocycles. The summed E-state index contributed by atoms with van der Waals surface area (Å²) >= 11 is 6.07. The van der Waals surface area contributed by atoms with Gasteiger partial charge in [0, 0.05) is 31.5 Å². The van der Waals surface area contributed by atoms with Crippen molar-refractivity contribution in [2.75, 3.05) is 20.1 Å². The SMILES string of the molecule is CN(Cc1ccncc1Cl)C1CCNC1.Cl.Cl. The molecular formula is C11H18Cl3N3. The smallest absolute Gasteiger partial charge is 0.0634 e. The topological polar surface area (TPSA) is 28.2 Å². The molecule has 1 N–H and O–H groups in total. The fraction of sp³-hybridized carbons (Fsp3) is 0.545. The first kappa shape index (κ1) is 16.9. The third-order valence-corrected chi connectivity index (χ3v) is 3.27. The molecule has 0 spiro atoms. The minimum Gasteiger partial charge on any atom is -0.315 e. The molecule has 98 valence electrons. The monoisotopic (exact) mass is 297 g/mol. The molecule has 1 aromatic heterocycles. The van der Waals surface area contributed by atoms with Crippen LogP contribution in [0, 0.1) is 0 Å². The molecule has 0 aromatic carbocycles. The van der Waals surface area contributed by atoms with Crippen molar-refractivity contribution in [3.8, 4) is 0 Å². The van der Waals surface area contributed by atoms with Crippen LogP contribution < -0.4 is 5.32 Å². The van der Waals surface area contributed by atoms with Gasteiger partial charge in [0.15, 0.2) is 0 Å². The lowest BCUT2D eigenvalue weighted by Gasteiger charge is -2.23. The van der Waals surface area contributed by atoms with Crippen LogP contribution in [0.25, 0.3) is 0 Å². The molecule has 2 rings (SSSR count). The van der Waals surface area contributed by atoms with E-state index in [-0.39, 0.29) is 24.8 Å². The minimum atomic E-state index is 0. The first-order valence-corrected chi connectivity index (χ1v) is 5.64. The Labute approximate surface area is 120 Å². The Morgan fingerprint density at radius 1 is 1.53 bits per heavy atom. The Morgan fingerprint density at radius 2 is 2.29 bits per heavy atom. The van der Waals surface area contributed by atoms with Crippen molar-refractivity contribution in [3.05, 3.63) is 29.0 Å². The molecule has 1 aromatic rings. The molecule has 1 unspecified atom stereocenters. The summed E-state index contributed by atoms with van der Waals surface area (Å²) in [4.78, 5) is 6.34. The fourth-order valence-corrected chi connectivity index (χ4v) is 2.12. The summed E-state index contributed by atoms with van der Waals surface area (Å²) < 4.78 is 0. The van der Waals surface area contributed by atoms with Gasteiger partial charge < -0.3 is 5.32 Å². The molecule has 2 heterocycles. The lowest BCUT2D eigenvalue weighted by atomic mass is 10.2. The lowest BCUT2D eigenvalue weighted by molar-refractivity contribution is 0.249. The second-order valence-electron chi connectivity index (χ2n) is 4.03. The highest BCUT2D eigenvalue weighted by Gasteiger charge is 2.19. The van der Waals surface area contributed by atoms with Crippen LogP contribution in [0.3, 0.4) is 0 Å². The molecule has 6 heteroatoms. The third kappa shape index (κ3) is 4.60. The Kier molecular flexibility index (Phi) is 8.09. The van der Waals surface area contributed by atoms with Crippen molar-refractivity contribution < 1.29 is 0 Å². The van der Waals surface area contributed by atoms with Gasteiger partial charge in [0.1, 0.15) is 0 Å². The summed E-state index contributed by atoms with van der Waals surface area (Å²) in [6.45, 7) is 3.10. The van der Waals surface area contributed by atoms with E-state index in [0.29, 0.717) is 6.04 Å². The number of aromatic nitrogens is 1. The Hall–Kier alpha value is -0.0600. The first-order valence-electron chi connectivity index (χ1n) is 5.26. The first-order chi connectivity index (χ1) is 7.27. The summed E-state index contributed by atoms with van der Waals surface area (Å²) in [5, 5.41) is 4.13. The van der Waals surface area contributed by atoms with E-state index in [0.717, 1.165) is 30.2 Å². The average Bonchev–Trinajstić information content (AvgIpc) is 2.74. The molecule has 1 atom stereocenters. The lowest BCUT2D eigenvalue weighted by Crippen LogP contribution is -2.32. The van der Waals surface area contributed by atoms with E-state index in [1.807, 2.05) is 6.07 Å². The molecule has 17 heavy (non-hydrogen) atoms. The quantitative estimate of drug-likeness (QED) is 0.928. The predicted molar refractivity (Wildman–Crippen MR) is 76.5 cm³/mol. The predicted octanol–water partition coefficient (Wildman–Crippen LogP) is 2.37. The summed E-state index contributed by atoms with van der Waals surface area (Å²) in [7, 11) is 2.15. The number of nitrogens with zero attached hydrogens (tertiary/aromatic N) is 2. The van der Waals surface area contributed by atoms with Gasteiger partial charge in [0.25, 0.3) is 0 Å². The van der Waals surface area contributed by atoms with Crippen LogP contribution in [-0.4, -0.2) is 36.1 Å². The number of halogens is 3. The molecule has 3 nitrogen and oxygen atoms in total. The van der Waals surface area contributed by atoms with Gasteiger partial charge in [-0.05, 0) is 31.6 Å². The average molecular weight is 299 g/mol. The van der Waals surface area contributed by atoms with Crippen molar-refractivity contribution in [3.63, 3.8) is 0 Å². The number of hydrogen-bond acceptors (Lipinski definition) is 3. The van der Waals surface area contributed by atoms with E-state index in [1.54, 1.807) is 12.4 Å². The van der Waals surface area contributed by atoms with Crippen LogP contribution in [0.4, 0.5) is 0 Å². The molecule has 0 radical (unpaired) electrons. The minimum absolute atomic E-state index is 0. The zero-order valence-electron chi connectivity index (χ0n) is 9.73. The van der Waals surface area contributed by atoms with Gasteiger partial charge in [-0.25, -0.2) is 0 Å². The standard InChI is InChI=1S/C11H16ClN3.2ClH/c1-15(10-3-5-13-6-10)8-9-2-4-14-7-11(9)12;;/h2,4,7,10,13H,3,5-6,8H2,1H3;2*1H. The second-order valence-corrected chi connectivity index (χ2v) is 4.44.